The Morgan fingerprint density at radius 2 is 2.10 bits per heavy atom. The zero-order chi connectivity index (χ0) is 14.3. The van der Waals surface area contributed by atoms with Crippen molar-refractivity contribution in [2.45, 2.75) is 39.2 Å². The predicted octanol–water partition coefficient (Wildman–Crippen LogP) is 3.12. The third-order valence-electron chi connectivity index (χ3n) is 3.84. The van der Waals surface area contributed by atoms with E-state index in [1.54, 1.807) is 6.07 Å². The van der Waals surface area contributed by atoms with Crippen LogP contribution in [-0.4, -0.2) is 20.9 Å². The zero-order valence-electron chi connectivity index (χ0n) is 11.8. The van der Waals surface area contributed by atoms with Crippen molar-refractivity contribution in [3.63, 3.8) is 0 Å². The Labute approximate surface area is 118 Å². The van der Waals surface area contributed by atoms with Crippen molar-refractivity contribution in [3.8, 4) is 0 Å². The molecule has 3 rings (SSSR count). The van der Waals surface area contributed by atoms with Gasteiger partial charge >= 0.3 is 5.97 Å². The van der Waals surface area contributed by atoms with Crippen molar-refractivity contribution in [1.29, 1.82) is 0 Å². The number of hydrogen-bond donors (Lipinski definition) is 1. The van der Waals surface area contributed by atoms with Crippen LogP contribution in [0, 0.1) is 13.8 Å². The van der Waals surface area contributed by atoms with E-state index in [-0.39, 0.29) is 5.69 Å². The maximum Gasteiger partial charge on any atom is 0.356 e. The summed E-state index contributed by atoms with van der Waals surface area (Å²) >= 11 is 0. The van der Waals surface area contributed by atoms with Gasteiger partial charge in [0.25, 0.3) is 0 Å². The first-order chi connectivity index (χ1) is 9.54. The minimum atomic E-state index is -0.953. The Morgan fingerprint density at radius 1 is 1.35 bits per heavy atom. The molecule has 1 aromatic carbocycles. The van der Waals surface area contributed by atoms with Crippen molar-refractivity contribution in [1.82, 2.24) is 9.78 Å². The molecule has 20 heavy (non-hydrogen) atoms. The third kappa shape index (κ3) is 2.46. The van der Waals surface area contributed by atoms with Gasteiger partial charge in [-0.25, -0.2) is 4.79 Å². The predicted molar refractivity (Wildman–Crippen MR) is 76.2 cm³/mol. The summed E-state index contributed by atoms with van der Waals surface area (Å²) in [6.45, 7) is 4.80. The number of aromatic nitrogens is 2. The molecule has 0 bridgehead atoms. The van der Waals surface area contributed by atoms with Gasteiger partial charge < -0.3 is 5.11 Å². The lowest BCUT2D eigenvalue weighted by Crippen LogP contribution is -2.08. The summed E-state index contributed by atoms with van der Waals surface area (Å²) in [7, 11) is 0. The van der Waals surface area contributed by atoms with Crippen molar-refractivity contribution < 1.29 is 9.90 Å². The largest absolute Gasteiger partial charge is 0.476 e. The van der Waals surface area contributed by atoms with Gasteiger partial charge in [-0.3, -0.25) is 4.68 Å². The third-order valence-corrected chi connectivity index (χ3v) is 3.84. The van der Waals surface area contributed by atoms with Gasteiger partial charge in [-0.15, -0.1) is 0 Å². The van der Waals surface area contributed by atoms with E-state index in [0.717, 1.165) is 18.5 Å². The number of aryl methyl sites for hydroxylation is 2. The minimum absolute atomic E-state index is 0.150. The summed E-state index contributed by atoms with van der Waals surface area (Å²) in [6.07, 6.45) is 2.27. The van der Waals surface area contributed by atoms with E-state index in [2.05, 4.69) is 37.1 Å². The Balaban J connectivity index is 1.95. The highest BCUT2D eigenvalue weighted by Crippen LogP contribution is 2.40. The molecule has 4 nitrogen and oxygen atoms in total. The fraction of sp³-hybridized carbons (Fsp3) is 0.375. The first-order valence-electron chi connectivity index (χ1n) is 6.92. The van der Waals surface area contributed by atoms with Crippen molar-refractivity contribution in [3.05, 3.63) is 52.3 Å². The molecule has 0 unspecified atom stereocenters. The average molecular weight is 270 g/mol. The topological polar surface area (TPSA) is 55.1 Å². The van der Waals surface area contributed by atoms with Crippen LogP contribution in [0.2, 0.25) is 0 Å². The molecule has 1 aliphatic rings. The molecule has 0 spiro atoms. The van der Waals surface area contributed by atoms with Gasteiger partial charge in [-0.2, -0.15) is 5.10 Å². The summed E-state index contributed by atoms with van der Waals surface area (Å²) in [5.74, 6) is -0.465. The Kier molecular flexibility index (Phi) is 3.08. The van der Waals surface area contributed by atoms with Gasteiger partial charge in [0.2, 0.25) is 0 Å². The minimum Gasteiger partial charge on any atom is -0.476 e. The average Bonchev–Trinajstić information content (AvgIpc) is 3.14. The van der Waals surface area contributed by atoms with E-state index >= 15 is 0 Å². The lowest BCUT2D eigenvalue weighted by molar-refractivity contribution is 0.0689. The number of rotatable bonds is 4. The second kappa shape index (κ2) is 4.78. The van der Waals surface area contributed by atoms with Gasteiger partial charge in [-0.05, 0) is 43.9 Å². The van der Waals surface area contributed by atoms with Crippen LogP contribution in [0.1, 0.15) is 51.6 Å². The summed E-state index contributed by atoms with van der Waals surface area (Å²) in [5, 5.41) is 13.4. The molecule has 2 aromatic rings. The fourth-order valence-electron chi connectivity index (χ4n) is 2.55. The highest BCUT2D eigenvalue weighted by molar-refractivity contribution is 5.85. The van der Waals surface area contributed by atoms with Crippen LogP contribution in [0.25, 0.3) is 0 Å². The van der Waals surface area contributed by atoms with Gasteiger partial charge in [0.15, 0.2) is 5.69 Å². The lowest BCUT2D eigenvalue weighted by Gasteiger charge is -2.10. The normalized spacial score (nSPS) is 14.5. The summed E-state index contributed by atoms with van der Waals surface area (Å²) < 4.78 is 1.86. The van der Waals surface area contributed by atoms with E-state index in [1.165, 1.54) is 16.7 Å². The van der Waals surface area contributed by atoms with E-state index in [1.807, 2.05) is 4.68 Å². The Morgan fingerprint density at radius 3 is 2.70 bits per heavy atom. The molecule has 0 saturated heterocycles. The van der Waals surface area contributed by atoms with E-state index in [4.69, 9.17) is 5.11 Å². The number of carboxylic acids is 1. The zero-order valence-corrected chi connectivity index (χ0v) is 11.8. The van der Waals surface area contributed by atoms with E-state index in [9.17, 15) is 4.79 Å². The number of carboxylic acid groups (broad SMARTS) is 1. The van der Waals surface area contributed by atoms with Crippen LogP contribution in [0.15, 0.2) is 24.3 Å². The van der Waals surface area contributed by atoms with Crippen LogP contribution >= 0.6 is 0 Å². The molecular weight excluding hydrogens is 252 g/mol. The first kappa shape index (κ1) is 12.9. The summed E-state index contributed by atoms with van der Waals surface area (Å²) in [4.78, 5) is 11.1. The molecule has 4 heteroatoms. The molecule has 104 valence electrons. The lowest BCUT2D eigenvalue weighted by atomic mass is 10.1. The van der Waals surface area contributed by atoms with E-state index < -0.39 is 5.97 Å². The molecule has 1 N–H and O–H groups in total. The molecule has 1 heterocycles. The van der Waals surface area contributed by atoms with Crippen LogP contribution in [0.4, 0.5) is 0 Å². The fourth-order valence-corrected chi connectivity index (χ4v) is 2.55. The molecule has 1 saturated carbocycles. The Hall–Kier alpha value is -2.10. The van der Waals surface area contributed by atoms with Crippen molar-refractivity contribution in [2.75, 3.05) is 0 Å². The smallest absolute Gasteiger partial charge is 0.356 e. The molecular formula is C16H18N2O2. The summed E-state index contributed by atoms with van der Waals surface area (Å²) in [6, 6.07) is 8.06. The molecule has 1 fully saturated rings. The van der Waals surface area contributed by atoms with Gasteiger partial charge in [0, 0.05) is 11.6 Å². The number of aromatic carboxylic acids is 1. The molecule has 0 amide bonds. The maximum atomic E-state index is 11.1. The van der Waals surface area contributed by atoms with E-state index in [0.29, 0.717) is 12.5 Å². The number of carbonyl (C=O) groups is 1. The molecule has 1 aliphatic carbocycles. The van der Waals surface area contributed by atoms with Crippen LogP contribution in [0.3, 0.4) is 0 Å². The van der Waals surface area contributed by atoms with Crippen LogP contribution < -0.4 is 0 Å². The molecule has 0 radical (unpaired) electrons. The number of benzene rings is 1. The highest BCUT2D eigenvalue weighted by atomic mass is 16.4. The first-order valence-corrected chi connectivity index (χ1v) is 6.92. The van der Waals surface area contributed by atoms with Gasteiger partial charge in [-0.1, -0.05) is 23.8 Å². The maximum absolute atomic E-state index is 11.1. The SMILES string of the molecule is Cc1ccc(Cn2nc(C(=O)O)cc2C2CC2)c(C)c1. The number of hydrogen-bond acceptors (Lipinski definition) is 2. The highest BCUT2D eigenvalue weighted by Gasteiger charge is 2.29. The molecule has 1 aromatic heterocycles. The second-order valence-corrected chi connectivity index (χ2v) is 5.62. The second-order valence-electron chi connectivity index (χ2n) is 5.62. The van der Waals surface area contributed by atoms with Crippen molar-refractivity contribution >= 4 is 5.97 Å². The van der Waals surface area contributed by atoms with Gasteiger partial charge in [0.1, 0.15) is 0 Å². The van der Waals surface area contributed by atoms with Crippen LogP contribution in [0.5, 0.6) is 0 Å². The molecule has 0 atom stereocenters. The van der Waals surface area contributed by atoms with Gasteiger partial charge in [0.05, 0.1) is 6.54 Å². The number of nitrogens with zero attached hydrogens (tertiary/aromatic N) is 2. The molecule has 0 aliphatic heterocycles. The van der Waals surface area contributed by atoms with Crippen molar-refractivity contribution in [2.24, 2.45) is 0 Å². The summed E-state index contributed by atoms with van der Waals surface area (Å²) in [5.41, 5.74) is 4.86. The quantitative estimate of drug-likeness (QED) is 0.928. The standard InChI is InChI=1S/C16H18N2O2/c1-10-3-4-13(11(2)7-10)9-18-15(12-5-6-12)8-14(17-18)16(19)20/h3-4,7-8,12H,5-6,9H2,1-2H3,(H,19,20). The Bertz CT molecular complexity index is 669. The van der Waals surface area contributed by atoms with Crippen LogP contribution in [-0.2, 0) is 6.54 Å². The monoisotopic (exact) mass is 270 g/mol.